The predicted molar refractivity (Wildman–Crippen MR) is 165 cm³/mol. The molecule has 0 heterocycles. The summed E-state index contributed by atoms with van der Waals surface area (Å²) in [4.78, 5) is 39.4. The molecule has 0 aliphatic carbocycles. The van der Waals surface area contributed by atoms with Crippen molar-refractivity contribution in [1.29, 1.82) is 0 Å². The molecule has 40 heavy (non-hydrogen) atoms. The zero-order valence-electron chi connectivity index (χ0n) is 20.6. The Labute approximate surface area is 255 Å². The largest absolute Gasteiger partial charge is 0.321 e. The van der Waals surface area contributed by atoms with Gasteiger partial charge >= 0.3 is 0 Å². The Morgan fingerprint density at radius 3 is 2.05 bits per heavy atom. The minimum absolute atomic E-state index is 0.0121. The molecule has 10 heteroatoms. The molecule has 4 rings (SSSR count). The summed E-state index contributed by atoms with van der Waals surface area (Å²) in [6.07, 6.45) is 1.48. The van der Waals surface area contributed by atoms with E-state index in [2.05, 4.69) is 10.6 Å². The third-order valence-electron chi connectivity index (χ3n) is 5.50. The van der Waals surface area contributed by atoms with Crippen molar-refractivity contribution >= 4 is 87.5 Å². The van der Waals surface area contributed by atoms with Gasteiger partial charge in [0.1, 0.15) is 5.70 Å². The lowest BCUT2D eigenvalue weighted by molar-refractivity contribution is -0.113. The summed E-state index contributed by atoms with van der Waals surface area (Å²) < 4.78 is 0. The standard InChI is InChI=1S/C30H20Cl4N2O3S/c31-20-7-6-19(25(33)15-20)14-27(36-29(38)18-4-2-1-3-5-18)30(39)35-22-9-11-23(12-10-22)40-17-28(37)24-13-8-21(32)16-26(24)34/h1-16H,17H2,(H,35,39)(H,36,38)/b27-14-. The van der Waals surface area contributed by atoms with Gasteiger partial charge < -0.3 is 10.6 Å². The Kier molecular flexibility index (Phi) is 10.3. The van der Waals surface area contributed by atoms with Crippen LogP contribution in [0.25, 0.3) is 6.08 Å². The van der Waals surface area contributed by atoms with Crippen molar-refractivity contribution in [2.24, 2.45) is 0 Å². The van der Waals surface area contributed by atoms with Gasteiger partial charge in [-0.3, -0.25) is 14.4 Å². The molecule has 202 valence electrons. The van der Waals surface area contributed by atoms with Crippen LogP contribution in [-0.4, -0.2) is 23.4 Å². The highest BCUT2D eigenvalue weighted by molar-refractivity contribution is 8.00. The molecule has 0 saturated carbocycles. The van der Waals surface area contributed by atoms with E-state index in [9.17, 15) is 14.4 Å². The van der Waals surface area contributed by atoms with Crippen molar-refractivity contribution in [1.82, 2.24) is 5.32 Å². The van der Waals surface area contributed by atoms with Crippen LogP contribution in [0.15, 0.2) is 102 Å². The lowest BCUT2D eigenvalue weighted by Gasteiger charge is -2.12. The first-order valence-corrected chi connectivity index (χ1v) is 14.2. The molecular weight excluding hydrogens is 610 g/mol. The zero-order valence-corrected chi connectivity index (χ0v) is 24.4. The first kappa shape index (κ1) is 29.7. The topological polar surface area (TPSA) is 75.3 Å². The van der Waals surface area contributed by atoms with E-state index in [0.29, 0.717) is 42.5 Å². The number of ketones is 1. The number of anilines is 1. The van der Waals surface area contributed by atoms with E-state index in [1.165, 1.54) is 23.9 Å². The van der Waals surface area contributed by atoms with Crippen LogP contribution in [0.1, 0.15) is 26.3 Å². The number of rotatable bonds is 9. The number of hydrogen-bond donors (Lipinski definition) is 2. The van der Waals surface area contributed by atoms with E-state index in [1.807, 2.05) is 0 Å². The summed E-state index contributed by atoms with van der Waals surface area (Å²) in [5.41, 5.74) is 1.77. The van der Waals surface area contributed by atoms with Gasteiger partial charge in [0.05, 0.1) is 10.8 Å². The molecule has 0 fully saturated rings. The zero-order chi connectivity index (χ0) is 28.6. The van der Waals surface area contributed by atoms with Crippen LogP contribution in [0.2, 0.25) is 20.1 Å². The molecule has 2 amide bonds. The molecule has 0 aliphatic rings. The molecule has 0 unspecified atom stereocenters. The van der Waals surface area contributed by atoms with Crippen LogP contribution >= 0.6 is 58.2 Å². The van der Waals surface area contributed by atoms with Gasteiger partial charge in [-0.05, 0) is 78.4 Å². The summed E-state index contributed by atoms with van der Waals surface area (Å²) in [5, 5.41) is 6.98. The third-order valence-corrected chi connectivity index (χ3v) is 7.63. The number of nitrogens with one attached hydrogen (secondary N) is 2. The highest BCUT2D eigenvalue weighted by Crippen LogP contribution is 2.26. The van der Waals surface area contributed by atoms with Crippen LogP contribution in [0.3, 0.4) is 0 Å². The van der Waals surface area contributed by atoms with E-state index in [-0.39, 0.29) is 17.2 Å². The second kappa shape index (κ2) is 13.9. The van der Waals surface area contributed by atoms with E-state index >= 15 is 0 Å². The molecule has 0 aliphatic heterocycles. The molecule has 0 spiro atoms. The number of halogens is 4. The van der Waals surface area contributed by atoms with Gasteiger partial charge in [0.25, 0.3) is 11.8 Å². The van der Waals surface area contributed by atoms with Crippen LogP contribution in [0, 0.1) is 0 Å². The van der Waals surface area contributed by atoms with Crippen molar-refractivity contribution in [2.75, 3.05) is 11.1 Å². The van der Waals surface area contributed by atoms with Crippen LogP contribution in [0.5, 0.6) is 0 Å². The monoisotopic (exact) mass is 628 g/mol. The predicted octanol–water partition coefficient (Wildman–Crippen LogP) is 8.68. The fraction of sp³-hybridized carbons (Fsp3) is 0.0333. The van der Waals surface area contributed by atoms with Crippen LogP contribution < -0.4 is 10.6 Å². The third kappa shape index (κ3) is 8.13. The minimum atomic E-state index is -0.553. The van der Waals surface area contributed by atoms with Gasteiger partial charge in [-0.2, -0.15) is 0 Å². The number of amides is 2. The van der Waals surface area contributed by atoms with Gasteiger partial charge in [0.15, 0.2) is 5.78 Å². The molecule has 2 N–H and O–H groups in total. The quantitative estimate of drug-likeness (QED) is 0.110. The average molecular weight is 630 g/mol. The summed E-state index contributed by atoms with van der Waals surface area (Å²) in [6, 6.07) is 25.1. The van der Waals surface area contributed by atoms with Crippen molar-refractivity contribution in [3.8, 4) is 0 Å². The van der Waals surface area contributed by atoms with Crippen LogP contribution in [0.4, 0.5) is 5.69 Å². The van der Waals surface area contributed by atoms with Gasteiger partial charge in [0.2, 0.25) is 0 Å². The lowest BCUT2D eigenvalue weighted by atomic mass is 10.1. The molecule has 0 aromatic heterocycles. The maximum absolute atomic E-state index is 13.2. The number of hydrogen-bond acceptors (Lipinski definition) is 4. The van der Waals surface area contributed by atoms with E-state index in [4.69, 9.17) is 46.4 Å². The number of Topliss-reactive ketones (excluding diaryl/α,β-unsaturated/α-hetero) is 1. The van der Waals surface area contributed by atoms with Gasteiger partial charge in [-0.25, -0.2) is 0 Å². The minimum Gasteiger partial charge on any atom is -0.321 e. The Morgan fingerprint density at radius 1 is 0.750 bits per heavy atom. The second-order valence-corrected chi connectivity index (χ2v) is 11.1. The number of thioether (sulfide) groups is 1. The summed E-state index contributed by atoms with van der Waals surface area (Å²) in [5.74, 6) is -0.964. The lowest BCUT2D eigenvalue weighted by Crippen LogP contribution is -2.30. The Bertz CT molecular complexity index is 1590. The molecule has 4 aromatic carbocycles. The summed E-state index contributed by atoms with van der Waals surface area (Å²) in [7, 11) is 0. The number of carbonyl (C=O) groups is 3. The maximum atomic E-state index is 13.2. The molecule has 0 atom stereocenters. The summed E-state index contributed by atoms with van der Waals surface area (Å²) >= 11 is 25.7. The molecule has 0 bridgehead atoms. The van der Waals surface area contributed by atoms with Gasteiger partial charge in [-0.1, -0.05) is 70.7 Å². The highest BCUT2D eigenvalue weighted by Gasteiger charge is 2.16. The molecule has 5 nitrogen and oxygen atoms in total. The fourth-order valence-corrected chi connectivity index (χ4v) is 5.25. The first-order valence-electron chi connectivity index (χ1n) is 11.8. The van der Waals surface area contributed by atoms with Crippen molar-refractivity contribution in [2.45, 2.75) is 4.90 Å². The van der Waals surface area contributed by atoms with E-state index in [1.54, 1.807) is 84.9 Å². The van der Waals surface area contributed by atoms with Gasteiger partial charge in [0, 0.05) is 36.8 Å². The van der Waals surface area contributed by atoms with Crippen molar-refractivity contribution in [3.05, 3.63) is 133 Å². The van der Waals surface area contributed by atoms with Crippen molar-refractivity contribution < 1.29 is 14.4 Å². The smallest absolute Gasteiger partial charge is 0.272 e. The number of benzene rings is 4. The Morgan fingerprint density at radius 2 is 1.40 bits per heavy atom. The highest BCUT2D eigenvalue weighted by atomic mass is 35.5. The summed E-state index contributed by atoms with van der Waals surface area (Å²) in [6.45, 7) is 0. The normalized spacial score (nSPS) is 11.2. The Balaban J connectivity index is 1.46. The van der Waals surface area contributed by atoms with Crippen LogP contribution in [-0.2, 0) is 4.79 Å². The fourth-order valence-electron chi connectivity index (χ4n) is 3.49. The maximum Gasteiger partial charge on any atom is 0.272 e. The Hall–Kier alpha value is -3.26. The molecule has 0 saturated heterocycles. The second-order valence-electron chi connectivity index (χ2n) is 8.36. The SMILES string of the molecule is O=C(Nc1ccc(SCC(=O)c2ccc(Cl)cc2Cl)cc1)/C(=C/c1ccc(Cl)cc1Cl)NC(=O)c1ccccc1. The van der Waals surface area contributed by atoms with E-state index < -0.39 is 11.8 Å². The first-order chi connectivity index (χ1) is 19.2. The van der Waals surface area contributed by atoms with E-state index in [0.717, 1.165) is 4.90 Å². The average Bonchev–Trinajstić information content (AvgIpc) is 2.94. The molecule has 4 aromatic rings. The molecular formula is C30H20Cl4N2O3S. The van der Waals surface area contributed by atoms with Crippen molar-refractivity contribution in [3.63, 3.8) is 0 Å². The number of carbonyl (C=O) groups excluding carboxylic acids is 3. The van der Waals surface area contributed by atoms with Gasteiger partial charge in [-0.15, -0.1) is 11.8 Å². The molecule has 0 radical (unpaired) electrons.